The fourth-order valence-electron chi connectivity index (χ4n) is 22.4. The Hall–Kier alpha value is -20.3. The van der Waals surface area contributed by atoms with Crippen LogP contribution in [0, 0.1) is 0 Å². The number of fused-ring (bicyclic) bond motifs is 20. The monoisotopic (exact) mass is 1910 g/mol. The first kappa shape index (κ1) is 87.5. The first-order valence-corrected chi connectivity index (χ1v) is 50.8. The van der Waals surface area contributed by atoms with Crippen LogP contribution in [0.2, 0.25) is 0 Å². The van der Waals surface area contributed by atoms with Gasteiger partial charge in [0.1, 0.15) is 0 Å². The van der Waals surface area contributed by atoms with Gasteiger partial charge in [0.15, 0.2) is 34.9 Å². The van der Waals surface area contributed by atoms with E-state index in [0.717, 1.165) is 78.4 Å². The largest absolute Gasteiger partial charge is 0.309 e. The maximum absolute atomic E-state index is 4.95. The van der Waals surface area contributed by atoms with Gasteiger partial charge in [-0.1, -0.05) is 364 Å². The fourth-order valence-corrected chi connectivity index (χ4v) is 22.4. The summed E-state index contributed by atoms with van der Waals surface area (Å²) < 4.78 is 14.4. The van der Waals surface area contributed by atoms with Gasteiger partial charge in [0.25, 0.3) is 0 Å². The second kappa shape index (κ2) is 37.1. The molecule has 22 aromatic carbocycles. The molecular weight excluding hydrogens is 1830 g/mol. The highest BCUT2D eigenvalue weighted by Gasteiger charge is 2.27. The summed E-state index contributed by atoms with van der Waals surface area (Å²) in [6.45, 7) is 0. The van der Waals surface area contributed by atoms with Crippen LogP contribution in [0.3, 0.4) is 0 Å². The lowest BCUT2D eigenvalue weighted by Crippen LogP contribution is -2.00. The molecule has 12 nitrogen and oxygen atoms in total. The Kier molecular flexibility index (Phi) is 21.6. The zero-order valence-corrected chi connectivity index (χ0v) is 81.3. The highest BCUT2D eigenvalue weighted by molar-refractivity contribution is 6.30. The molecule has 0 aliphatic carbocycles. The van der Waals surface area contributed by atoms with E-state index in [-0.39, 0.29) is 0 Å². The summed E-state index contributed by atoms with van der Waals surface area (Å²) in [5.41, 5.74) is 34.0. The Morgan fingerprint density at radius 3 is 0.633 bits per heavy atom. The van der Waals surface area contributed by atoms with Gasteiger partial charge in [-0.15, -0.1) is 0 Å². The summed E-state index contributed by atoms with van der Waals surface area (Å²) in [7, 11) is 0. The fraction of sp³-hybridized carbons (Fsp3) is 0. The van der Waals surface area contributed by atoms with Gasteiger partial charge in [0.05, 0.1) is 66.2 Å². The molecule has 8 heterocycles. The van der Waals surface area contributed by atoms with E-state index in [1.165, 1.54) is 153 Å². The molecule has 0 bridgehead atoms. The van der Waals surface area contributed by atoms with Crippen molar-refractivity contribution in [2.45, 2.75) is 0 Å². The first-order valence-electron chi connectivity index (χ1n) is 50.8. The van der Waals surface area contributed by atoms with E-state index < -0.39 is 0 Å². The van der Waals surface area contributed by atoms with Crippen molar-refractivity contribution in [3.63, 3.8) is 0 Å². The zero-order valence-electron chi connectivity index (χ0n) is 81.3. The predicted octanol–water partition coefficient (Wildman–Crippen LogP) is 35.0. The summed E-state index contributed by atoms with van der Waals surface area (Å²) in [4.78, 5) is 29.5. The van der Waals surface area contributed by atoms with E-state index in [9.17, 15) is 0 Å². The van der Waals surface area contributed by atoms with E-state index in [4.69, 9.17) is 29.9 Å². The van der Waals surface area contributed by atoms with Crippen LogP contribution in [0.1, 0.15) is 0 Å². The normalized spacial score (nSPS) is 11.6. The van der Waals surface area contributed by atoms with E-state index in [0.29, 0.717) is 34.9 Å². The van der Waals surface area contributed by atoms with Gasteiger partial charge in [-0.05, 0) is 215 Å². The van der Waals surface area contributed by atoms with Crippen molar-refractivity contribution in [1.29, 1.82) is 0 Å². The molecule has 702 valence electrons. The molecule has 30 aromatic rings. The van der Waals surface area contributed by atoms with E-state index in [2.05, 4.69) is 452 Å². The number of nitrogens with zero attached hydrogens (tertiary/aromatic N) is 12. The Bertz CT molecular complexity index is 10000. The van der Waals surface area contributed by atoms with Gasteiger partial charge in [-0.25, -0.2) is 29.9 Å². The van der Waals surface area contributed by atoms with Crippen molar-refractivity contribution in [1.82, 2.24) is 57.3 Å². The molecule has 12 heteroatoms. The van der Waals surface area contributed by atoms with Crippen LogP contribution >= 0.6 is 0 Å². The molecule has 0 fully saturated rings. The lowest BCUT2D eigenvalue weighted by Gasteiger charge is -2.13. The Morgan fingerprint density at radius 2 is 0.313 bits per heavy atom. The van der Waals surface area contributed by atoms with Crippen LogP contribution in [0.25, 0.3) is 267 Å². The Morgan fingerprint density at radius 1 is 0.107 bits per heavy atom. The predicted molar refractivity (Wildman–Crippen MR) is 621 cm³/mol. The molecule has 0 amide bonds. The average molecular weight is 1920 g/mol. The number of hydrogen-bond acceptors (Lipinski definition) is 6. The van der Waals surface area contributed by atoms with Gasteiger partial charge < -0.3 is 27.4 Å². The van der Waals surface area contributed by atoms with Crippen molar-refractivity contribution in [2.75, 3.05) is 0 Å². The number of para-hydroxylation sites is 9. The maximum Gasteiger partial charge on any atom is 0.164 e. The molecule has 0 N–H and O–H groups in total. The minimum atomic E-state index is 0.639. The number of benzene rings is 22. The van der Waals surface area contributed by atoms with Crippen LogP contribution in [-0.4, -0.2) is 57.3 Å². The minimum Gasteiger partial charge on any atom is -0.309 e. The Balaban J connectivity index is 0.000000108. The molecule has 30 rings (SSSR count). The Labute approximate surface area is 863 Å². The lowest BCUT2D eigenvalue weighted by molar-refractivity contribution is 1.07. The molecule has 0 unspecified atom stereocenters. The topological polar surface area (TPSA) is 107 Å². The summed E-state index contributed by atoms with van der Waals surface area (Å²) in [6, 6.07) is 193. The zero-order chi connectivity index (χ0) is 99.1. The number of rotatable bonds is 15. The molecule has 0 aliphatic rings. The second-order valence-corrected chi connectivity index (χ2v) is 38.0. The van der Waals surface area contributed by atoms with Gasteiger partial charge in [0, 0.05) is 132 Å². The third-order valence-electron chi connectivity index (χ3n) is 29.2. The molecule has 8 aromatic heterocycles. The number of aromatic nitrogens is 12. The van der Waals surface area contributed by atoms with Gasteiger partial charge >= 0.3 is 0 Å². The molecular formula is C138H90N12. The van der Waals surface area contributed by atoms with Crippen LogP contribution in [0.5, 0.6) is 0 Å². The van der Waals surface area contributed by atoms with Crippen LogP contribution < -0.4 is 0 Å². The molecule has 0 saturated heterocycles. The van der Waals surface area contributed by atoms with Gasteiger partial charge in [-0.2, -0.15) is 0 Å². The van der Waals surface area contributed by atoms with E-state index in [1.54, 1.807) is 0 Å². The highest BCUT2D eigenvalue weighted by atomic mass is 15.1. The van der Waals surface area contributed by atoms with E-state index >= 15 is 0 Å². The van der Waals surface area contributed by atoms with Gasteiger partial charge in [-0.3, -0.25) is 0 Å². The molecule has 150 heavy (non-hydrogen) atoms. The highest BCUT2D eigenvalue weighted by Crippen LogP contribution is 2.48. The summed E-state index contributed by atoms with van der Waals surface area (Å²) in [5, 5.41) is 15.0. The first-order chi connectivity index (χ1) is 74.4. The summed E-state index contributed by atoms with van der Waals surface area (Å²) in [6.07, 6.45) is 0. The van der Waals surface area contributed by atoms with Crippen molar-refractivity contribution < 1.29 is 0 Å². The van der Waals surface area contributed by atoms with Crippen molar-refractivity contribution in [3.8, 4) is 136 Å². The smallest absolute Gasteiger partial charge is 0.164 e. The van der Waals surface area contributed by atoms with Crippen molar-refractivity contribution in [3.05, 3.63) is 546 Å². The minimum absolute atomic E-state index is 0.639. The molecule has 0 aliphatic heterocycles. The molecule has 0 atom stereocenters. The third-order valence-corrected chi connectivity index (χ3v) is 29.2. The van der Waals surface area contributed by atoms with Crippen molar-refractivity contribution >= 4 is 131 Å². The van der Waals surface area contributed by atoms with Gasteiger partial charge in [0.2, 0.25) is 0 Å². The lowest BCUT2D eigenvalue weighted by atomic mass is 9.93. The number of hydrogen-bond donors (Lipinski definition) is 0. The standard InChI is InChI=1S/C48H32N2.2C45H29N5/c1-4-14-33(15-5-1)36-30-37(34-16-6-2-7-17-34)32-38(31-36)35-24-26-40(27-25-35)49-45-23-13-11-21-43(45)47-46(49)29-28-42-41-20-10-12-22-44(41)50(48(42)47)39-18-8-3-9-19-39;1-4-14-30(15-5-1)43-46-44(31-16-6-2-7-17-31)48-45(47-43)32-24-26-34(27-25-32)50-40-23-13-11-21-36(40)38-28-37-35-20-10-12-22-39(35)49(41(37)29-42(38)50)33-18-8-3-9-19-33;1-4-14-30(15-5-1)43-46-44(31-16-6-2-7-17-31)48-45(47-43)32-24-26-34(27-25-32)50-38-23-13-11-21-36(38)42-40(50)29-28-39-41(42)35-20-10-12-22-37(35)49(39)33-18-8-3-9-19-33/h1-32H;2*1-29H. The maximum atomic E-state index is 4.95. The van der Waals surface area contributed by atoms with Crippen LogP contribution in [0.15, 0.2) is 546 Å². The molecule has 0 spiro atoms. The van der Waals surface area contributed by atoms with Crippen LogP contribution in [0.4, 0.5) is 0 Å². The summed E-state index contributed by atoms with van der Waals surface area (Å²) in [5.74, 6) is 3.89. The molecule has 0 radical (unpaired) electrons. The summed E-state index contributed by atoms with van der Waals surface area (Å²) >= 11 is 0. The van der Waals surface area contributed by atoms with Crippen LogP contribution in [-0.2, 0) is 0 Å². The van der Waals surface area contributed by atoms with Crippen molar-refractivity contribution in [2.24, 2.45) is 0 Å². The molecule has 0 saturated carbocycles. The average Bonchev–Trinajstić information content (AvgIpc) is 1.55. The SMILES string of the molecule is c1ccc(-c2cc(-c3ccccc3)cc(-c3ccc(-n4c5ccccc5c5c4ccc4c6ccccc6n(-c6ccccc6)c45)cc3)c2)cc1.c1ccc(-c2nc(-c3ccccc3)nc(-c3ccc(-n4c5ccccc5c5c6c7ccccc7n(-c7ccccc7)c6ccc54)cc3)n2)cc1.c1ccc(-c2nc(-c3ccccc3)nc(-c3ccc(-n4c5ccccc5c5cc6c7ccccc7n(-c7ccccc7)c6cc54)cc3)n2)cc1. The quantitative estimate of drug-likeness (QED) is 0.101. The third kappa shape index (κ3) is 15.3. The second-order valence-electron chi connectivity index (χ2n) is 38.0. The van der Waals surface area contributed by atoms with E-state index in [1.807, 2.05) is 121 Å².